The normalized spacial score (nSPS) is 18.3. The second kappa shape index (κ2) is 7.96. The Kier molecular flexibility index (Phi) is 5.03. The number of fused-ring (bicyclic) bond motifs is 1. The summed E-state index contributed by atoms with van der Waals surface area (Å²) in [6.07, 6.45) is 3.78. The van der Waals surface area contributed by atoms with Gasteiger partial charge in [0.05, 0.1) is 24.0 Å². The van der Waals surface area contributed by atoms with Crippen LogP contribution in [0.4, 0.5) is 5.69 Å². The summed E-state index contributed by atoms with van der Waals surface area (Å²) in [6.45, 7) is 0. The molecule has 0 N–H and O–H groups in total. The third kappa shape index (κ3) is 3.77. The van der Waals surface area contributed by atoms with Crippen molar-refractivity contribution >= 4 is 45.2 Å². The van der Waals surface area contributed by atoms with E-state index in [0.29, 0.717) is 17.9 Å². The van der Waals surface area contributed by atoms with Crippen LogP contribution in [-0.4, -0.2) is 26.8 Å². The van der Waals surface area contributed by atoms with Gasteiger partial charge in [0.25, 0.3) is 5.91 Å². The van der Waals surface area contributed by atoms with Gasteiger partial charge in [0.1, 0.15) is 27.6 Å². The molecular formula is C21H17N3O3S2. The van der Waals surface area contributed by atoms with Gasteiger partial charge in [-0.3, -0.25) is 4.79 Å². The number of benzene rings is 1. The van der Waals surface area contributed by atoms with Crippen LogP contribution < -0.4 is 0 Å². The Morgan fingerprint density at radius 2 is 2.00 bits per heavy atom. The van der Waals surface area contributed by atoms with E-state index in [1.54, 1.807) is 24.3 Å². The molecule has 0 saturated heterocycles. The van der Waals surface area contributed by atoms with Crippen LogP contribution in [0.3, 0.4) is 0 Å². The van der Waals surface area contributed by atoms with Crippen LogP contribution in [-0.2, 0) is 10.5 Å². The van der Waals surface area contributed by atoms with Crippen LogP contribution in [0.1, 0.15) is 29.5 Å². The van der Waals surface area contributed by atoms with Gasteiger partial charge in [-0.05, 0) is 35.9 Å². The van der Waals surface area contributed by atoms with Crippen molar-refractivity contribution < 1.29 is 13.6 Å². The zero-order valence-corrected chi connectivity index (χ0v) is 17.0. The highest BCUT2D eigenvalue weighted by molar-refractivity contribution is 8.38. The van der Waals surface area contributed by atoms with Gasteiger partial charge in [-0.2, -0.15) is 5.10 Å². The number of aliphatic imine (C=N–C) groups is 1. The van der Waals surface area contributed by atoms with Gasteiger partial charge >= 0.3 is 0 Å². The summed E-state index contributed by atoms with van der Waals surface area (Å²) in [4.78, 5) is 17.7. The summed E-state index contributed by atoms with van der Waals surface area (Å²) in [5.74, 6) is 2.44. The van der Waals surface area contributed by atoms with E-state index in [-0.39, 0.29) is 17.7 Å². The van der Waals surface area contributed by atoms with Crippen molar-refractivity contribution in [2.75, 3.05) is 5.75 Å². The number of carbonyl (C=O) groups is 1. The molecule has 4 heterocycles. The highest BCUT2D eigenvalue weighted by Gasteiger charge is 2.35. The molecule has 5 rings (SSSR count). The Morgan fingerprint density at radius 3 is 2.83 bits per heavy atom. The summed E-state index contributed by atoms with van der Waals surface area (Å²) in [5.41, 5.74) is 2.94. The molecule has 0 bridgehead atoms. The van der Waals surface area contributed by atoms with Gasteiger partial charge in [-0.25, -0.2) is 10.0 Å². The lowest BCUT2D eigenvalue weighted by molar-refractivity contribution is -0.130. The number of hydrazone groups is 1. The molecule has 0 aliphatic carbocycles. The van der Waals surface area contributed by atoms with Gasteiger partial charge in [-0.1, -0.05) is 41.7 Å². The quantitative estimate of drug-likeness (QED) is 0.575. The highest BCUT2D eigenvalue weighted by Crippen LogP contribution is 2.36. The molecule has 6 nitrogen and oxygen atoms in total. The summed E-state index contributed by atoms with van der Waals surface area (Å²) in [6, 6.07) is 15.2. The molecule has 1 amide bonds. The number of rotatable bonds is 4. The molecule has 29 heavy (non-hydrogen) atoms. The zero-order chi connectivity index (χ0) is 19.6. The number of thioether (sulfide) groups is 2. The largest absolute Gasteiger partial charge is 0.467 e. The van der Waals surface area contributed by atoms with Crippen molar-refractivity contribution in [2.45, 2.75) is 18.2 Å². The minimum Gasteiger partial charge on any atom is -0.467 e. The summed E-state index contributed by atoms with van der Waals surface area (Å²) >= 11 is 3.11. The van der Waals surface area contributed by atoms with Crippen molar-refractivity contribution in [3.05, 3.63) is 78.1 Å². The average molecular weight is 424 g/mol. The summed E-state index contributed by atoms with van der Waals surface area (Å²) in [7, 11) is 0. The number of nitrogens with zero attached hydrogens (tertiary/aromatic N) is 3. The molecule has 0 radical (unpaired) electrons. The molecular weight excluding hydrogens is 406 g/mol. The van der Waals surface area contributed by atoms with Crippen molar-refractivity contribution in [2.24, 2.45) is 10.1 Å². The van der Waals surface area contributed by atoms with Gasteiger partial charge in [0.15, 0.2) is 0 Å². The van der Waals surface area contributed by atoms with Crippen LogP contribution >= 0.6 is 23.5 Å². The van der Waals surface area contributed by atoms with E-state index in [9.17, 15) is 4.79 Å². The standard InChI is InChI=1S/C21H17N3O3S2/c25-20(13-29-21-22-15-6-2-1-5-14(15)12-28-21)24-17(19-8-4-10-27-19)11-16(23-24)18-7-3-9-26-18/h1-10,17H,11-13H2. The minimum absolute atomic E-state index is 0.0832. The van der Waals surface area contributed by atoms with Crippen molar-refractivity contribution in [3.8, 4) is 0 Å². The van der Waals surface area contributed by atoms with E-state index in [2.05, 4.69) is 16.2 Å². The Morgan fingerprint density at radius 1 is 1.14 bits per heavy atom. The molecule has 8 heteroatoms. The molecule has 1 atom stereocenters. The fourth-order valence-corrected chi connectivity index (χ4v) is 5.22. The molecule has 146 valence electrons. The fourth-order valence-electron chi connectivity index (χ4n) is 3.31. The zero-order valence-electron chi connectivity index (χ0n) is 15.4. The SMILES string of the molecule is O=C(CSC1=Nc2ccccc2CS1)N1N=C(c2ccco2)CC1c1ccco1. The Bertz CT molecular complexity index is 1070. The van der Waals surface area contributed by atoms with Crippen LogP contribution in [0.2, 0.25) is 0 Å². The number of carbonyl (C=O) groups excluding carboxylic acids is 1. The second-order valence-corrected chi connectivity index (χ2v) is 8.77. The number of hydrogen-bond acceptors (Lipinski definition) is 7. The second-order valence-electron chi connectivity index (χ2n) is 6.58. The van der Waals surface area contributed by atoms with Crippen LogP contribution in [0.25, 0.3) is 0 Å². The lowest BCUT2D eigenvalue weighted by Gasteiger charge is -2.20. The smallest absolute Gasteiger partial charge is 0.253 e. The first-order valence-corrected chi connectivity index (χ1v) is 11.1. The summed E-state index contributed by atoms with van der Waals surface area (Å²) in [5, 5.41) is 6.07. The molecule has 1 unspecified atom stereocenters. The maximum Gasteiger partial charge on any atom is 0.253 e. The lowest BCUT2D eigenvalue weighted by Crippen LogP contribution is -2.28. The summed E-state index contributed by atoms with van der Waals surface area (Å²) < 4.78 is 11.9. The third-order valence-corrected chi connectivity index (χ3v) is 6.95. The average Bonchev–Trinajstić information content (AvgIpc) is 3.52. The van der Waals surface area contributed by atoms with Crippen molar-refractivity contribution in [1.82, 2.24) is 5.01 Å². The van der Waals surface area contributed by atoms with Gasteiger partial charge in [-0.15, -0.1) is 0 Å². The maximum atomic E-state index is 13.0. The minimum atomic E-state index is -0.264. The molecule has 2 aliphatic heterocycles. The number of furan rings is 2. The van der Waals surface area contributed by atoms with E-state index < -0.39 is 0 Å². The monoisotopic (exact) mass is 423 g/mol. The molecule has 1 aromatic carbocycles. The number of para-hydroxylation sites is 1. The molecule has 0 saturated carbocycles. The van der Waals surface area contributed by atoms with E-state index in [1.807, 2.05) is 42.5 Å². The third-order valence-electron chi connectivity index (χ3n) is 4.72. The fraction of sp³-hybridized carbons (Fsp3) is 0.190. The van der Waals surface area contributed by atoms with E-state index in [4.69, 9.17) is 8.83 Å². The predicted octanol–water partition coefficient (Wildman–Crippen LogP) is 5.22. The molecule has 2 aliphatic rings. The van der Waals surface area contributed by atoms with E-state index in [0.717, 1.165) is 21.5 Å². The topological polar surface area (TPSA) is 71.3 Å². The van der Waals surface area contributed by atoms with E-state index >= 15 is 0 Å². The molecule has 3 aromatic rings. The molecule has 2 aromatic heterocycles. The lowest BCUT2D eigenvalue weighted by atomic mass is 10.1. The first-order chi connectivity index (χ1) is 14.3. The van der Waals surface area contributed by atoms with Gasteiger partial charge in [0.2, 0.25) is 0 Å². The maximum absolute atomic E-state index is 13.0. The van der Waals surface area contributed by atoms with Crippen LogP contribution in [0.5, 0.6) is 0 Å². The van der Waals surface area contributed by atoms with E-state index in [1.165, 1.54) is 22.3 Å². The van der Waals surface area contributed by atoms with Crippen molar-refractivity contribution in [3.63, 3.8) is 0 Å². The first-order valence-electron chi connectivity index (χ1n) is 9.17. The molecule has 0 fully saturated rings. The Labute approximate surface area is 176 Å². The predicted molar refractivity (Wildman–Crippen MR) is 115 cm³/mol. The van der Waals surface area contributed by atoms with Gasteiger partial charge in [0, 0.05) is 12.2 Å². The van der Waals surface area contributed by atoms with Crippen LogP contribution in [0.15, 0.2) is 80.0 Å². The van der Waals surface area contributed by atoms with Gasteiger partial charge < -0.3 is 8.83 Å². The first kappa shape index (κ1) is 18.3. The molecule has 0 spiro atoms. The van der Waals surface area contributed by atoms with Crippen LogP contribution in [0, 0.1) is 0 Å². The number of hydrogen-bond donors (Lipinski definition) is 0. The Balaban J connectivity index is 1.32. The Hall–Kier alpha value is -2.71. The number of amides is 1. The van der Waals surface area contributed by atoms with Crippen molar-refractivity contribution in [1.29, 1.82) is 0 Å². The highest BCUT2D eigenvalue weighted by atomic mass is 32.2.